The third-order valence-electron chi connectivity index (χ3n) is 4.28. The summed E-state index contributed by atoms with van der Waals surface area (Å²) in [6, 6.07) is 0. The third-order valence-corrected chi connectivity index (χ3v) is 4.28. The second-order valence-corrected chi connectivity index (χ2v) is 5.95. The fourth-order valence-corrected chi connectivity index (χ4v) is 3.17. The van der Waals surface area contributed by atoms with Crippen LogP contribution in [0.3, 0.4) is 0 Å². The molecule has 18 heavy (non-hydrogen) atoms. The molecule has 2 heterocycles. The molecule has 0 aromatic heterocycles. The highest BCUT2D eigenvalue weighted by atomic mass is 16.5. The fraction of sp³-hybridized carbons (Fsp3) is 0.929. The first-order valence-corrected chi connectivity index (χ1v) is 7.28. The summed E-state index contributed by atoms with van der Waals surface area (Å²) in [5.41, 5.74) is -0.467. The Bertz CT molecular complexity index is 292. The molecule has 0 aromatic carbocycles. The van der Waals surface area contributed by atoms with Gasteiger partial charge in [-0.2, -0.15) is 0 Å². The maximum absolute atomic E-state index is 12.4. The fourth-order valence-electron chi connectivity index (χ4n) is 3.17. The Morgan fingerprint density at radius 2 is 2.22 bits per heavy atom. The molecule has 4 heteroatoms. The van der Waals surface area contributed by atoms with Crippen LogP contribution in [-0.4, -0.2) is 36.7 Å². The van der Waals surface area contributed by atoms with Gasteiger partial charge in [0.2, 0.25) is 5.91 Å². The van der Waals surface area contributed by atoms with E-state index in [1.165, 1.54) is 0 Å². The summed E-state index contributed by atoms with van der Waals surface area (Å²) in [7, 11) is 0. The van der Waals surface area contributed by atoms with Gasteiger partial charge in [0.1, 0.15) is 0 Å². The lowest BCUT2D eigenvalue weighted by Gasteiger charge is -2.30. The Balaban J connectivity index is 1.89. The third kappa shape index (κ3) is 2.86. The van der Waals surface area contributed by atoms with Crippen molar-refractivity contribution in [1.82, 2.24) is 10.6 Å². The average molecular weight is 254 g/mol. The van der Waals surface area contributed by atoms with E-state index in [1.807, 2.05) is 0 Å². The Morgan fingerprint density at radius 3 is 2.78 bits per heavy atom. The molecule has 0 radical (unpaired) electrons. The SMILES string of the molecule is CCCC1(C(=O)NCC2(C)CCCO2)CCCN1. The van der Waals surface area contributed by atoms with Crippen molar-refractivity contribution in [3.63, 3.8) is 0 Å². The molecular formula is C14H26N2O2. The van der Waals surface area contributed by atoms with Crippen LogP contribution in [0.1, 0.15) is 52.4 Å². The van der Waals surface area contributed by atoms with Crippen LogP contribution in [0.4, 0.5) is 0 Å². The highest BCUT2D eigenvalue weighted by Crippen LogP contribution is 2.27. The van der Waals surface area contributed by atoms with Crippen LogP contribution in [0, 0.1) is 0 Å². The molecule has 2 N–H and O–H groups in total. The molecule has 0 aromatic rings. The van der Waals surface area contributed by atoms with Crippen LogP contribution in [0.2, 0.25) is 0 Å². The van der Waals surface area contributed by atoms with E-state index in [0.717, 1.165) is 51.7 Å². The lowest BCUT2D eigenvalue weighted by Crippen LogP contribution is -2.55. The van der Waals surface area contributed by atoms with E-state index in [4.69, 9.17) is 4.74 Å². The van der Waals surface area contributed by atoms with Crippen LogP contribution < -0.4 is 10.6 Å². The largest absolute Gasteiger partial charge is 0.373 e. The maximum Gasteiger partial charge on any atom is 0.240 e. The van der Waals surface area contributed by atoms with Crippen molar-refractivity contribution in [3.05, 3.63) is 0 Å². The minimum absolute atomic E-state index is 0.151. The van der Waals surface area contributed by atoms with Crippen molar-refractivity contribution >= 4 is 5.91 Å². The van der Waals surface area contributed by atoms with Crippen LogP contribution >= 0.6 is 0 Å². The van der Waals surface area contributed by atoms with Gasteiger partial charge < -0.3 is 15.4 Å². The second kappa shape index (κ2) is 5.57. The minimum Gasteiger partial charge on any atom is -0.373 e. The van der Waals surface area contributed by atoms with Gasteiger partial charge in [0, 0.05) is 13.2 Å². The van der Waals surface area contributed by atoms with Gasteiger partial charge in [-0.15, -0.1) is 0 Å². The van der Waals surface area contributed by atoms with Gasteiger partial charge in [0.15, 0.2) is 0 Å². The maximum atomic E-state index is 12.4. The predicted molar refractivity (Wildman–Crippen MR) is 71.5 cm³/mol. The summed E-state index contributed by atoms with van der Waals surface area (Å²) in [5, 5.41) is 6.51. The molecular weight excluding hydrogens is 228 g/mol. The van der Waals surface area contributed by atoms with Crippen molar-refractivity contribution in [2.45, 2.75) is 63.5 Å². The lowest BCUT2D eigenvalue weighted by atomic mass is 9.90. The Morgan fingerprint density at radius 1 is 1.39 bits per heavy atom. The predicted octanol–water partition coefficient (Wildman–Crippen LogP) is 1.59. The molecule has 0 aliphatic carbocycles. The zero-order valence-electron chi connectivity index (χ0n) is 11.7. The molecule has 2 unspecified atom stereocenters. The molecule has 2 atom stereocenters. The topological polar surface area (TPSA) is 50.4 Å². The lowest BCUT2D eigenvalue weighted by molar-refractivity contribution is -0.128. The minimum atomic E-state index is -0.316. The summed E-state index contributed by atoms with van der Waals surface area (Å²) in [4.78, 5) is 12.4. The average Bonchev–Trinajstić information content (AvgIpc) is 2.97. The molecule has 2 aliphatic heterocycles. The first-order valence-electron chi connectivity index (χ1n) is 7.28. The first-order chi connectivity index (χ1) is 8.60. The monoisotopic (exact) mass is 254 g/mol. The van der Waals surface area contributed by atoms with Crippen molar-refractivity contribution in [1.29, 1.82) is 0 Å². The molecule has 0 saturated carbocycles. The van der Waals surface area contributed by atoms with Crippen molar-refractivity contribution in [2.24, 2.45) is 0 Å². The molecule has 2 saturated heterocycles. The van der Waals surface area contributed by atoms with Gasteiger partial charge in [-0.1, -0.05) is 13.3 Å². The number of amides is 1. The molecule has 2 fully saturated rings. The van der Waals surface area contributed by atoms with E-state index in [2.05, 4.69) is 24.5 Å². The van der Waals surface area contributed by atoms with Crippen LogP contribution in [-0.2, 0) is 9.53 Å². The summed E-state index contributed by atoms with van der Waals surface area (Å²) < 4.78 is 5.71. The van der Waals surface area contributed by atoms with Gasteiger partial charge in [-0.3, -0.25) is 4.79 Å². The highest BCUT2D eigenvalue weighted by Gasteiger charge is 2.41. The van der Waals surface area contributed by atoms with E-state index >= 15 is 0 Å². The smallest absolute Gasteiger partial charge is 0.240 e. The number of carbonyl (C=O) groups excluding carboxylic acids is 1. The number of nitrogens with one attached hydrogen (secondary N) is 2. The van der Waals surface area contributed by atoms with Gasteiger partial charge in [0.25, 0.3) is 0 Å². The van der Waals surface area contributed by atoms with Gasteiger partial charge >= 0.3 is 0 Å². The highest BCUT2D eigenvalue weighted by molar-refractivity contribution is 5.86. The molecule has 4 nitrogen and oxygen atoms in total. The van der Waals surface area contributed by atoms with Crippen LogP contribution in [0.25, 0.3) is 0 Å². The number of carbonyl (C=O) groups is 1. The molecule has 0 spiro atoms. The van der Waals surface area contributed by atoms with Gasteiger partial charge in [-0.05, 0) is 45.6 Å². The van der Waals surface area contributed by atoms with Crippen molar-refractivity contribution in [2.75, 3.05) is 19.7 Å². The summed E-state index contributed by atoms with van der Waals surface area (Å²) in [5.74, 6) is 0.165. The summed E-state index contributed by atoms with van der Waals surface area (Å²) >= 11 is 0. The normalized spacial score (nSPS) is 35.9. The van der Waals surface area contributed by atoms with E-state index < -0.39 is 0 Å². The number of ether oxygens (including phenoxy) is 1. The first kappa shape index (κ1) is 13.8. The zero-order chi connectivity index (χ0) is 13.1. The van der Waals surface area contributed by atoms with Crippen molar-refractivity contribution < 1.29 is 9.53 Å². The van der Waals surface area contributed by atoms with E-state index in [9.17, 15) is 4.79 Å². The van der Waals surface area contributed by atoms with E-state index in [0.29, 0.717) is 6.54 Å². The quantitative estimate of drug-likeness (QED) is 0.783. The molecule has 0 bridgehead atoms. The van der Waals surface area contributed by atoms with E-state index in [-0.39, 0.29) is 17.0 Å². The number of hydrogen-bond acceptors (Lipinski definition) is 3. The number of hydrogen-bond donors (Lipinski definition) is 2. The Labute approximate surface area is 110 Å². The van der Waals surface area contributed by atoms with E-state index in [1.54, 1.807) is 0 Å². The Hall–Kier alpha value is -0.610. The number of rotatable bonds is 5. The van der Waals surface area contributed by atoms with Crippen LogP contribution in [0.5, 0.6) is 0 Å². The summed E-state index contributed by atoms with van der Waals surface area (Å²) in [6.45, 7) is 6.65. The van der Waals surface area contributed by atoms with Crippen LogP contribution in [0.15, 0.2) is 0 Å². The molecule has 1 amide bonds. The zero-order valence-corrected chi connectivity index (χ0v) is 11.7. The van der Waals surface area contributed by atoms with Gasteiger partial charge in [-0.25, -0.2) is 0 Å². The van der Waals surface area contributed by atoms with Crippen molar-refractivity contribution in [3.8, 4) is 0 Å². The van der Waals surface area contributed by atoms with Gasteiger partial charge in [0.05, 0.1) is 11.1 Å². The Kier molecular flexibility index (Phi) is 4.28. The molecule has 2 rings (SSSR count). The second-order valence-electron chi connectivity index (χ2n) is 5.95. The molecule has 2 aliphatic rings. The summed E-state index contributed by atoms with van der Waals surface area (Å²) in [6.07, 6.45) is 6.17. The standard InChI is InChI=1S/C14H26N2O2/c1-3-6-14(8-4-9-16-14)12(17)15-11-13(2)7-5-10-18-13/h16H,3-11H2,1-2H3,(H,15,17). The molecule has 104 valence electrons.